The topological polar surface area (TPSA) is 16.4 Å². The molecule has 0 radical (unpaired) electrons. The van der Waals surface area contributed by atoms with E-state index in [-0.39, 0.29) is 5.54 Å². The van der Waals surface area contributed by atoms with E-state index in [2.05, 4.69) is 135 Å². The lowest BCUT2D eigenvalue weighted by Crippen LogP contribution is -2.37. The largest absolute Gasteiger partial charge is 0.456 e. The van der Waals surface area contributed by atoms with Gasteiger partial charge in [0, 0.05) is 16.6 Å². The zero-order valence-corrected chi connectivity index (χ0v) is 21.9. The number of nitrogens with zero attached hydrogens (tertiary/aromatic N) is 1. The van der Waals surface area contributed by atoms with Crippen molar-refractivity contribution in [2.45, 2.75) is 26.3 Å². The fourth-order valence-electron chi connectivity index (χ4n) is 5.93. The van der Waals surface area contributed by atoms with Crippen molar-refractivity contribution in [2.24, 2.45) is 0 Å². The third kappa shape index (κ3) is 3.56. The molecular formula is C36H29NO. The molecule has 0 unspecified atom stereocenters. The number of furan rings is 1. The van der Waals surface area contributed by atoms with Crippen molar-refractivity contribution in [3.8, 4) is 11.1 Å². The Morgan fingerprint density at radius 1 is 0.553 bits per heavy atom. The van der Waals surface area contributed by atoms with Gasteiger partial charge < -0.3 is 9.32 Å². The molecule has 0 fully saturated rings. The van der Waals surface area contributed by atoms with Crippen LogP contribution in [0.2, 0.25) is 0 Å². The third-order valence-corrected chi connectivity index (χ3v) is 7.48. The Labute approximate surface area is 222 Å². The minimum Gasteiger partial charge on any atom is -0.456 e. The van der Waals surface area contributed by atoms with Crippen LogP contribution in [0.5, 0.6) is 0 Å². The lowest BCUT2D eigenvalue weighted by atomic mass is 9.91. The number of hydrogen-bond acceptors (Lipinski definition) is 2. The molecule has 0 saturated carbocycles. The Bertz CT molecular complexity index is 1900. The van der Waals surface area contributed by atoms with Crippen LogP contribution in [0.15, 0.2) is 126 Å². The van der Waals surface area contributed by atoms with Gasteiger partial charge in [0.25, 0.3) is 0 Å². The smallest absolute Gasteiger partial charge is 0.137 e. The van der Waals surface area contributed by atoms with Gasteiger partial charge in [-0.25, -0.2) is 0 Å². The van der Waals surface area contributed by atoms with E-state index < -0.39 is 0 Å². The molecule has 38 heavy (non-hydrogen) atoms. The molecule has 6 aromatic carbocycles. The standard InChI is InChI=1S/C36H29NO/c1-36(2,3)37(31-16-10-18-33-35(31)30-15-8-9-17-32(30)38-33)27-21-19-24(20-22-27)34-28-13-6-4-11-25(28)23-26-12-5-7-14-29(26)34/h4-23H,1-3H3. The molecule has 0 aliphatic rings. The third-order valence-electron chi connectivity index (χ3n) is 7.48. The van der Waals surface area contributed by atoms with Crippen molar-refractivity contribution in [1.29, 1.82) is 0 Å². The predicted molar refractivity (Wildman–Crippen MR) is 163 cm³/mol. The van der Waals surface area contributed by atoms with Crippen molar-refractivity contribution in [3.05, 3.63) is 121 Å². The highest BCUT2D eigenvalue weighted by molar-refractivity contribution is 6.14. The Balaban J connectivity index is 1.42. The van der Waals surface area contributed by atoms with Gasteiger partial charge in [-0.15, -0.1) is 0 Å². The van der Waals surface area contributed by atoms with Gasteiger partial charge in [-0.1, -0.05) is 84.9 Å². The molecule has 184 valence electrons. The molecular weight excluding hydrogens is 462 g/mol. The van der Waals surface area contributed by atoms with Gasteiger partial charge in [-0.2, -0.15) is 0 Å². The Morgan fingerprint density at radius 3 is 1.79 bits per heavy atom. The van der Waals surface area contributed by atoms with Crippen LogP contribution < -0.4 is 4.90 Å². The van der Waals surface area contributed by atoms with E-state index in [1.807, 2.05) is 12.1 Å². The van der Waals surface area contributed by atoms with Crippen LogP contribution in [-0.2, 0) is 0 Å². The fraction of sp³-hybridized carbons (Fsp3) is 0.111. The summed E-state index contributed by atoms with van der Waals surface area (Å²) in [7, 11) is 0. The van der Waals surface area contributed by atoms with Crippen LogP contribution in [0, 0.1) is 0 Å². The van der Waals surface area contributed by atoms with Crippen molar-refractivity contribution in [1.82, 2.24) is 0 Å². The molecule has 1 aromatic heterocycles. The van der Waals surface area contributed by atoms with Crippen molar-refractivity contribution >= 4 is 54.9 Å². The molecule has 0 bridgehead atoms. The highest BCUT2D eigenvalue weighted by Crippen LogP contribution is 2.43. The summed E-state index contributed by atoms with van der Waals surface area (Å²) < 4.78 is 6.22. The summed E-state index contributed by atoms with van der Waals surface area (Å²) in [6, 6.07) is 43.4. The molecule has 0 aliphatic heterocycles. The average Bonchev–Trinajstić information content (AvgIpc) is 3.31. The zero-order valence-electron chi connectivity index (χ0n) is 21.9. The molecule has 0 atom stereocenters. The number of hydrogen-bond donors (Lipinski definition) is 0. The van der Waals surface area contributed by atoms with Crippen LogP contribution in [0.25, 0.3) is 54.6 Å². The number of para-hydroxylation sites is 1. The van der Waals surface area contributed by atoms with Gasteiger partial charge in [-0.05, 0) is 89.8 Å². The summed E-state index contributed by atoms with van der Waals surface area (Å²) in [5.41, 5.74) is 6.50. The fourth-order valence-corrected chi connectivity index (χ4v) is 5.93. The first-order chi connectivity index (χ1) is 18.5. The van der Waals surface area contributed by atoms with E-state index in [1.54, 1.807) is 0 Å². The van der Waals surface area contributed by atoms with Crippen LogP contribution in [0.3, 0.4) is 0 Å². The maximum atomic E-state index is 6.22. The lowest BCUT2D eigenvalue weighted by molar-refractivity contribution is 0.561. The second-order valence-electron chi connectivity index (χ2n) is 11.0. The number of benzene rings is 6. The summed E-state index contributed by atoms with van der Waals surface area (Å²) in [4.78, 5) is 2.43. The minimum absolute atomic E-state index is 0.152. The summed E-state index contributed by atoms with van der Waals surface area (Å²) in [5.74, 6) is 0. The second-order valence-corrected chi connectivity index (χ2v) is 11.0. The van der Waals surface area contributed by atoms with Gasteiger partial charge >= 0.3 is 0 Å². The van der Waals surface area contributed by atoms with E-state index in [9.17, 15) is 0 Å². The van der Waals surface area contributed by atoms with Crippen molar-refractivity contribution in [3.63, 3.8) is 0 Å². The maximum absolute atomic E-state index is 6.22. The molecule has 0 spiro atoms. The average molecular weight is 492 g/mol. The van der Waals surface area contributed by atoms with E-state index in [0.29, 0.717) is 0 Å². The highest BCUT2D eigenvalue weighted by atomic mass is 16.3. The minimum atomic E-state index is -0.152. The van der Waals surface area contributed by atoms with Crippen LogP contribution in [0.1, 0.15) is 20.8 Å². The van der Waals surface area contributed by atoms with Crippen molar-refractivity contribution < 1.29 is 4.42 Å². The van der Waals surface area contributed by atoms with Gasteiger partial charge in [0.1, 0.15) is 11.2 Å². The molecule has 0 aliphatic carbocycles. The number of rotatable bonds is 3. The first kappa shape index (κ1) is 22.6. The van der Waals surface area contributed by atoms with E-state index in [1.165, 1.54) is 32.7 Å². The Morgan fingerprint density at radius 2 is 1.13 bits per heavy atom. The first-order valence-electron chi connectivity index (χ1n) is 13.2. The summed E-state index contributed by atoms with van der Waals surface area (Å²) >= 11 is 0. The number of anilines is 2. The van der Waals surface area contributed by atoms with E-state index in [0.717, 1.165) is 33.3 Å². The summed E-state index contributed by atoms with van der Waals surface area (Å²) in [6.45, 7) is 6.79. The number of fused-ring (bicyclic) bond motifs is 5. The Kier molecular flexibility index (Phi) is 5.06. The normalized spacial score (nSPS) is 12.1. The highest BCUT2D eigenvalue weighted by Gasteiger charge is 2.27. The van der Waals surface area contributed by atoms with Crippen LogP contribution in [-0.4, -0.2) is 5.54 Å². The molecule has 2 heteroatoms. The summed E-state index contributed by atoms with van der Waals surface area (Å²) in [6.07, 6.45) is 0. The van der Waals surface area contributed by atoms with Gasteiger partial charge in [0.15, 0.2) is 0 Å². The monoisotopic (exact) mass is 491 g/mol. The van der Waals surface area contributed by atoms with E-state index >= 15 is 0 Å². The predicted octanol–water partition coefficient (Wildman–Crippen LogP) is 10.5. The first-order valence-corrected chi connectivity index (χ1v) is 13.2. The molecule has 1 heterocycles. The molecule has 7 aromatic rings. The zero-order chi connectivity index (χ0) is 25.9. The lowest BCUT2D eigenvalue weighted by Gasteiger charge is -2.38. The second kappa shape index (κ2) is 8.49. The summed E-state index contributed by atoms with van der Waals surface area (Å²) in [5, 5.41) is 7.39. The molecule has 0 amide bonds. The quantitative estimate of drug-likeness (QED) is 0.229. The van der Waals surface area contributed by atoms with Crippen molar-refractivity contribution in [2.75, 3.05) is 4.90 Å². The molecule has 0 N–H and O–H groups in total. The molecule has 7 rings (SSSR count). The maximum Gasteiger partial charge on any atom is 0.137 e. The molecule has 2 nitrogen and oxygen atoms in total. The van der Waals surface area contributed by atoms with Crippen LogP contribution >= 0.6 is 0 Å². The van der Waals surface area contributed by atoms with E-state index in [4.69, 9.17) is 4.42 Å². The Hall–Kier alpha value is -4.56. The van der Waals surface area contributed by atoms with Gasteiger partial charge in [0.05, 0.1) is 11.1 Å². The van der Waals surface area contributed by atoms with Gasteiger partial charge in [0.2, 0.25) is 0 Å². The van der Waals surface area contributed by atoms with Gasteiger partial charge in [-0.3, -0.25) is 0 Å². The SMILES string of the molecule is CC(C)(C)N(c1ccc(-c2c3ccccc3cc3ccccc23)cc1)c1cccc2oc3ccccc3c12. The molecule has 0 saturated heterocycles. The van der Waals surface area contributed by atoms with Crippen LogP contribution in [0.4, 0.5) is 11.4 Å².